The number of hydrogen-bond acceptors (Lipinski definition) is 5. The van der Waals surface area contributed by atoms with Gasteiger partial charge in [-0.05, 0) is 24.6 Å². The molecule has 0 aliphatic heterocycles. The van der Waals surface area contributed by atoms with E-state index in [1.165, 1.54) is 19.2 Å². The van der Waals surface area contributed by atoms with Crippen LogP contribution in [0.15, 0.2) is 35.5 Å². The summed E-state index contributed by atoms with van der Waals surface area (Å²) < 4.78 is 32.5. The van der Waals surface area contributed by atoms with E-state index in [0.29, 0.717) is 11.4 Å². The number of sulfonamides is 1. The predicted molar refractivity (Wildman–Crippen MR) is 76.2 cm³/mol. The number of aliphatic hydroxyl groups excluding tert-OH is 1. The average molecular weight is 311 g/mol. The highest BCUT2D eigenvalue weighted by Gasteiger charge is 2.23. The zero-order valence-corrected chi connectivity index (χ0v) is 12.5. The number of imidazole rings is 1. The summed E-state index contributed by atoms with van der Waals surface area (Å²) in [6.07, 6.45) is 3.17. The lowest BCUT2D eigenvalue weighted by Gasteiger charge is -2.15. The highest BCUT2D eigenvalue weighted by Crippen LogP contribution is 2.26. The third kappa shape index (κ3) is 3.41. The summed E-state index contributed by atoms with van der Waals surface area (Å²) in [6.45, 7) is 1.43. The molecule has 21 heavy (non-hydrogen) atoms. The van der Waals surface area contributed by atoms with Crippen molar-refractivity contribution < 1.29 is 18.3 Å². The maximum Gasteiger partial charge on any atom is 0.244 e. The van der Waals surface area contributed by atoms with E-state index in [1.807, 2.05) is 0 Å². The number of hydrogen-bond donors (Lipinski definition) is 3. The minimum Gasteiger partial charge on any atom is -0.495 e. The van der Waals surface area contributed by atoms with E-state index in [9.17, 15) is 8.42 Å². The molecule has 0 spiro atoms. The second-order valence-corrected chi connectivity index (χ2v) is 6.14. The first-order chi connectivity index (χ1) is 9.97. The first-order valence-electron chi connectivity index (χ1n) is 6.27. The molecule has 1 heterocycles. The van der Waals surface area contributed by atoms with Crippen molar-refractivity contribution >= 4 is 10.0 Å². The summed E-state index contributed by atoms with van der Waals surface area (Å²) in [7, 11) is -2.42. The van der Waals surface area contributed by atoms with Crippen LogP contribution >= 0.6 is 0 Å². The van der Waals surface area contributed by atoms with Crippen molar-refractivity contribution in [3.05, 3.63) is 42.0 Å². The lowest BCUT2D eigenvalue weighted by Crippen LogP contribution is -2.28. The smallest absolute Gasteiger partial charge is 0.244 e. The largest absolute Gasteiger partial charge is 0.495 e. The number of benzene rings is 1. The van der Waals surface area contributed by atoms with Crippen LogP contribution in [0, 0.1) is 0 Å². The zero-order chi connectivity index (χ0) is 15.5. The Morgan fingerprint density at radius 2 is 2.24 bits per heavy atom. The number of aromatic amines is 1. The summed E-state index contributed by atoms with van der Waals surface area (Å²) >= 11 is 0. The van der Waals surface area contributed by atoms with Crippen LogP contribution in [0.25, 0.3) is 0 Å². The van der Waals surface area contributed by atoms with E-state index in [4.69, 9.17) is 9.84 Å². The molecule has 0 radical (unpaired) electrons. The molecule has 0 aliphatic rings. The van der Waals surface area contributed by atoms with Crippen LogP contribution in [0.5, 0.6) is 5.75 Å². The molecule has 2 aromatic rings. The van der Waals surface area contributed by atoms with Crippen molar-refractivity contribution in [1.82, 2.24) is 14.7 Å². The van der Waals surface area contributed by atoms with Gasteiger partial charge in [-0.15, -0.1) is 0 Å². The maximum atomic E-state index is 12.5. The summed E-state index contributed by atoms with van der Waals surface area (Å²) in [4.78, 5) is 6.85. The van der Waals surface area contributed by atoms with Crippen LogP contribution < -0.4 is 9.46 Å². The fourth-order valence-electron chi connectivity index (χ4n) is 1.90. The molecule has 1 aromatic heterocycles. The van der Waals surface area contributed by atoms with E-state index in [1.54, 1.807) is 25.4 Å². The summed E-state index contributed by atoms with van der Waals surface area (Å²) in [5.41, 5.74) is 0.488. The fraction of sp³-hybridized carbons (Fsp3) is 0.308. The Bertz CT molecular complexity index is 698. The Kier molecular flexibility index (Phi) is 4.61. The van der Waals surface area contributed by atoms with Crippen molar-refractivity contribution in [2.45, 2.75) is 24.5 Å². The highest BCUT2D eigenvalue weighted by molar-refractivity contribution is 7.89. The summed E-state index contributed by atoms with van der Waals surface area (Å²) in [5.74, 6) is 0.724. The number of nitrogens with zero attached hydrogens (tertiary/aromatic N) is 1. The molecule has 0 fully saturated rings. The third-order valence-electron chi connectivity index (χ3n) is 2.96. The van der Waals surface area contributed by atoms with E-state index in [2.05, 4.69) is 14.7 Å². The molecule has 1 atom stereocenters. The number of nitrogens with one attached hydrogen (secondary N) is 2. The van der Waals surface area contributed by atoms with Crippen molar-refractivity contribution in [2.75, 3.05) is 7.11 Å². The number of methoxy groups -OCH3 is 1. The number of rotatable bonds is 6. The first-order valence-corrected chi connectivity index (χ1v) is 7.75. The molecule has 3 N–H and O–H groups in total. The Hall–Kier alpha value is -1.90. The quantitative estimate of drug-likeness (QED) is 0.737. The molecule has 0 bridgehead atoms. The molecule has 114 valence electrons. The number of aromatic nitrogens is 2. The van der Waals surface area contributed by atoms with Crippen molar-refractivity contribution in [3.63, 3.8) is 0 Å². The normalized spacial score (nSPS) is 13.1. The standard InChI is InChI=1S/C13H17N3O4S/c1-9(13-14-5-6-15-13)16-21(18,19)12-7-10(8-17)3-4-11(12)20-2/h3-7,9,16-17H,8H2,1-2H3,(H,14,15). The molecule has 1 unspecified atom stereocenters. The molecular weight excluding hydrogens is 294 g/mol. The van der Waals surface area contributed by atoms with Crippen LogP contribution in [0.1, 0.15) is 24.4 Å². The fourth-order valence-corrected chi connectivity index (χ4v) is 3.32. The number of aliphatic hydroxyl groups is 1. The molecule has 0 saturated heterocycles. The van der Waals surface area contributed by atoms with Crippen molar-refractivity contribution in [1.29, 1.82) is 0 Å². The van der Waals surface area contributed by atoms with E-state index in [0.717, 1.165) is 0 Å². The Labute approximate surface area is 123 Å². The van der Waals surface area contributed by atoms with E-state index in [-0.39, 0.29) is 17.3 Å². The van der Waals surface area contributed by atoms with Crippen LogP contribution in [0.3, 0.4) is 0 Å². The molecule has 0 saturated carbocycles. The van der Waals surface area contributed by atoms with Crippen molar-refractivity contribution in [3.8, 4) is 5.75 Å². The van der Waals surface area contributed by atoms with Gasteiger partial charge in [0.05, 0.1) is 19.8 Å². The topological polar surface area (TPSA) is 104 Å². The van der Waals surface area contributed by atoms with Gasteiger partial charge >= 0.3 is 0 Å². The lowest BCUT2D eigenvalue weighted by atomic mass is 10.2. The third-order valence-corrected chi connectivity index (χ3v) is 4.52. The van der Waals surface area contributed by atoms with Gasteiger partial charge in [0.25, 0.3) is 0 Å². The van der Waals surface area contributed by atoms with Gasteiger partial charge in [-0.2, -0.15) is 0 Å². The second kappa shape index (κ2) is 6.25. The molecule has 0 aliphatic carbocycles. The van der Waals surface area contributed by atoms with Gasteiger partial charge in [-0.3, -0.25) is 0 Å². The highest BCUT2D eigenvalue weighted by atomic mass is 32.2. The molecule has 0 amide bonds. The van der Waals surface area contributed by atoms with E-state index < -0.39 is 16.1 Å². The Balaban J connectivity index is 2.34. The minimum absolute atomic E-state index is 0.0186. The van der Waals surface area contributed by atoms with Gasteiger partial charge in [0.15, 0.2) is 0 Å². The average Bonchev–Trinajstić information content (AvgIpc) is 3.00. The molecule has 1 aromatic carbocycles. The molecular formula is C13H17N3O4S. The van der Waals surface area contributed by atoms with Gasteiger partial charge in [-0.1, -0.05) is 6.07 Å². The van der Waals surface area contributed by atoms with Gasteiger partial charge < -0.3 is 14.8 Å². The second-order valence-electron chi connectivity index (χ2n) is 4.46. The summed E-state index contributed by atoms with van der Waals surface area (Å²) in [6, 6.07) is 3.98. The lowest BCUT2D eigenvalue weighted by molar-refractivity contribution is 0.281. The van der Waals surface area contributed by atoms with Crippen LogP contribution in [-0.2, 0) is 16.6 Å². The van der Waals surface area contributed by atoms with E-state index >= 15 is 0 Å². The Morgan fingerprint density at radius 3 is 2.81 bits per heavy atom. The van der Waals surface area contributed by atoms with Crippen LogP contribution in [0.4, 0.5) is 0 Å². The molecule has 7 nitrogen and oxygen atoms in total. The molecule has 2 rings (SSSR count). The van der Waals surface area contributed by atoms with Crippen LogP contribution in [-0.4, -0.2) is 30.6 Å². The monoisotopic (exact) mass is 311 g/mol. The van der Waals surface area contributed by atoms with Crippen LogP contribution in [0.2, 0.25) is 0 Å². The number of ether oxygens (including phenoxy) is 1. The molecule has 8 heteroatoms. The SMILES string of the molecule is COc1ccc(CO)cc1S(=O)(=O)NC(C)c1ncc[nH]1. The Morgan fingerprint density at radius 1 is 1.48 bits per heavy atom. The van der Waals surface area contributed by atoms with Gasteiger partial charge in [0.1, 0.15) is 16.5 Å². The minimum atomic E-state index is -3.81. The zero-order valence-electron chi connectivity index (χ0n) is 11.7. The van der Waals surface area contributed by atoms with Crippen molar-refractivity contribution in [2.24, 2.45) is 0 Å². The number of H-pyrrole nitrogens is 1. The van der Waals surface area contributed by atoms with Gasteiger partial charge in [-0.25, -0.2) is 18.1 Å². The maximum absolute atomic E-state index is 12.5. The van der Waals surface area contributed by atoms with Gasteiger partial charge in [0.2, 0.25) is 10.0 Å². The van der Waals surface area contributed by atoms with Gasteiger partial charge in [0, 0.05) is 12.4 Å². The summed E-state index contributed by atoms with van der Waals surface area (Å²) in [5, 5.41) is 9.15. The first kappa shape index (κ1) is 15.5. The predicted octanol–water partition coefficient (Wildman–Crippen LogP) is 0.950.